The van der Waals surface area contributed by atoms with Gasteiger partial charge >= 0.3 is 5.97 Å². The molecule has 4 aromatic heterocycles. The fraction of sp³-hybridized carbons (Fsp3) is 0.379. The van der Waals surface area contributed by atoms with Gasteiger partial charge in [0.25, 0.3) is 0 Å². The summed E-state index contributed by atoms with van der Waals surface area (Å²) >= 11 is 25.4. The summed E-state index contributed by atoms with van der Waals surface area (Å²) < 4.78 is 25.5. The number of fused-ring (bicyclic) bond motifs is 2. The fourth-order valence-corrected chi connectivity index (χ4v) is 11.3. The molecule has 2 aliphatic rings. The number of rotatable bonds is 14. The van der Waals surface area contributed by atoms with Gasteiger partial charge in [0.05, 0.1) is 50.4 Å². The average molecular weight is 1110 g/mol. The highest BCUT2D eigenvalue weighted by atomic mass is 35.5. The number of aldehydes is 1. The molecular formula is C58H66Cl4N8O6. The van der Waals surface area contributed by atoms with Gasteiger partial charge in [-0.2, -0.15) is 0 Å². The molecule has 0 radical (unpaired) electrons. The molecular weight excluding hydrogens is 1050 g/mol. The lowest BCUT2D eigenvalue weighted by molar-refractivity contribution is -0.107. The van der Waals surface area contributed by atoms with Crippen LogP contribution >= 0.6 is 46.4 Å². The van der Waals surface area contributed by atoms with E-state index in [2.05, 4.69) is 92.3 Å². The van der Waals surface area contributed by atoms with Gasteiger partial charge in [0, 0.05) is 161 Å². The lowest BCUT2D eigenvalue weighted by Crippen LogP contribution is -2.47. The van der Waals surface area contributed by atoms with Crippen molar-refractivity contribution in [2.45, 2.75) is 59.0 Å². The van der Waals surface area contributed by atoms with Crippen molar-refractivity contribution in [3.8, 4) is 22.5 Å². The van der Waals surface area contributed by atoms with Gasteiger partial charge in [-0.05, 0) is 61.0 Å². The quantitative estimate of drug-likeness (QED) is 0.0820. The second kappa shape index (κ2) is 25.5. The number of ether oxygens (including phenoxy) is 2. The lowest BCUT2D eigenvalue weighted by Gasteiger charge is -2.36. The minimum absolute atomic E-state index is 0.137. The highest BCUT2D eigenvalue weighted by Gasteiger charge is 2.27. The molecule has 2 aliphatic heterocycles. The number of methoxy groups -OCH3 is 2. The number of aromatic nitrogens is 4. The summed E-state index contributed by atoms with van der Waals surface area (Å²) in [7, 11) is 7.21. The van der Waals surface area contributed by atoms with E-state index in [0.29, 0.717) is 49.3 Å². The van der Waals surface area contributed by atoms with E-state index in [9.17, 15) is 9.59 Å². The number of anilines is 2. The maximum Gasteiger partial charge on any atom is 0.340 e. The summed E-state index contributed by atoms with van der Waals surface area (Å²) in [6.07, 6.45) is 5.86. The number of nitrogens with zero attached hydrogens (tertiary/aromatic N) is 7. The second-order valence-electron chi connectivity index (χ2n) is 19.7. The summed E-state index contributed by atoms with van der Waals surface area (Å²) in [4.78, 5) is 30.3. The molecule has 14 nitrogen and oxygen atoms in total. The van der Waals surface area contributed by atoms with E-state index >= 15 is 0 Å². The third-order valence-electron chi connectivity index (χ3n) is 14.0. The van der Waals surface area contributed by atoms with Gasteiger partial charge in [-0.25, -0.2) is 4.79 Å². The molecule has 8 aromatic rings. The van der Waals surface area contributed by atoms with Crippen molar-refractivity contribution >= 4 is 91.8 Å². The first kappa shape index (κ1) is 56.4. The van der Waals surface area contributed by atoms with Crippen LogP contribution in [0.1, 0.15) is 78.1 Å². The molecule has 10 rings (SSSR count). The van der Waals surface area contributed by atoms with Crippen LogP contribution in [-0.4, -0.2) is 110 Å². The second-order valence-corrected chi connectivity index (χ2v) is 21.3. The van der Waals surface area contributed by atoms with Crippen LogP contribution in [0.3, 0.4) is 0 Å². The van der Waals surface area contributed by atoms with Crippen molar-refractivity contribution in [3.05, 3.63) is 139 Å². The van der Waals surface area contributed by atoms with Crippen LogP contribution in [0, 0.1) is 0 Å². The molecule has 402 valence electrons. The maximum absolute atomic E-state index is 12.1. The molecule has 0 atom stereocenters. The third-order valence-corrected chi connectivity index (χ3v) is 15.3. The molecule has 4 aromatic carbocycles. The Labute approximate surface area is 464 Å². The van der Waals surface area contributed by atoms with Crippen molar-refractivity contribution in [3.63, 3.8) is 0 Å². The van der Waals surface area contributed by atoms with Gasteiger partial charge < -0.3 is 47.6 Å². The molecule has 76 heavy (non-hydrogen) atoms. The van der Waals surface area contributed by atoms with Crippen LogP contribution < -0.4 is 15.1 Å². The fourth-order valence-electron chi connectivity index (χ4n) is 10.1. The van der Waals surface area contributed by atoms with Crippen LogP contribution in [0.25, 0.3) is 44.3 Å². The van der Waals surface area contributed by atoms with Crippen molar-refractivity contribution in [1.82, 2.24) is 29.7 Å². The van der Waals surface area contributed by atoms with Gasteiger partial charge in [0.2, 0.25) is 0 Å². The SMILES string of the molecule is CC(C)c1onc(-c2c(Cl)cccc2Cl)c1CC=O.COC(=O)c1cn(C)c2cc(N3CCN(CCc4c(-c5c(Cl)cccc5Cl)noc4C(C)C)CC3)ccc12.COCc1cn(C)c2cc(N3CCNCC3)ccc12. The highest BCUT2D eigenvalue weighted by Crippen LogP contribution is 2.40. The van der Waals surface area contributed by atoms with E-state index in [4.69, 9.17) is 64.9 Å². The summed E-state index contributed by atoms with van der Waals surface area (Å²) in [5.74, 6) is 1.61. The maximum atomic E-state index is 12.1. The summed E-state index contributed by atoms with van der Waals surface area (Å²) in [6, 6.07) is 23.7. The molecule has 0 amide bonds. The van der Waals surface area contributed by atoms with E-state index in [0.717, 1.165) is 116 Å². The van der Waals surface area contributed by atoms with Crippen molar-refractivity contribution in [1.29, 1.82) is 0 Å². The third kappa shape index (κ3) is 12.4. The van der Waals surface area contributed by atoms with E-state index in [1.807, 2.05) is 55.9 Å². The van der Waals surface area contributed by atoms with E-state index < -0.39 is 0 Å². The molecule has 2 fully saturated rings. The zero-order valence-electron chi connectivity index (χ0n) is 44.4. The normalized spacial score (nSPS) is 14.1. The smallest absolute Gasteiger partial charge is 0.340 e. The van der Waals surface area contributed by atoms with Crippen LogP contribution in [0.5, 0.6) is 0 Å². The summed E-state index contributed by atoms with van der Waals surface area (Å²) in [5.41, 5.74) is 11.1. The van der Waals surface area contributed by atoms with E-state index in [1.165, 1.54) is 29.3 Å². The first-order chi connectivity index (χ1) is 36.6. The van der Waals surface area contributed by atoms with Crippen molar-refractivity contribution in [2.75, 3.05) is 82.9 Å². The Morgan fingerprint density at radius 3 is 1.71 bits per heavy atom. The van der Waals surface area contributed by atoms with E-state index in [-0.39, 0.29) is 24.2 Å². The molecule has 6 heterocycles. The molecule has 0 spiro atoms. The Hall–Kier alpha value is -5.84. The number of hydrogen-bond donors (Lipinski definition) is 1. The number of benzene rings is 4. The Morgan fingerprint density at radius 1 is 0.684 bits per heavy atom. The zero-order valence-corrected chi connectivity index (χ0v) is 47.4. The van der Waals surface area contributed by atoms with Gasteiger partial charge in [-0.1, -0.05) is 103 Å². The van der Waals surface area contributed by atoms with Gasteiger partial charge in [-0.15, -0.1) is 0 Å². The van der Waals surface area contributed by atoms with Gasteiger partial charge in [0.15, 0.2) is 0 Å². The summed E-state index contributed by atoms with van der Waals surface area (Å²) in [5, 5.41) is 16.2. The molecule has 0 aliphatic carbocycles. The van der Waals surface area contributed by atoms with Crippen LogP contribution in [0.4, 0.5) is 11.4 Å². The van der Waals surface area contributed by atoms with Gasteiger partial charge in [-0.3, -0.25) is 4.90 Å². The van der Waals surface area contributed by atoms with E-state index in [1.54, 1.807) is 25.3 Å². The Kier molecular flexibility index (Phi) is 18.9. The molecule has 0 saturated carbocycles. The minimum atomic E-state index is -0.314. The standard InChI is InChI=1S/C29H32Cl2N4O3.C15H21N3O.C14H13Cl2NO2/c1-18(2)28-21(27(32-38-28)26-23(30)6-5-7-24(26)31)10-11-34-12-14-35(15-13-34)19-8-9-20-22(29(36)37-4)17-33(3)25(20)16-19;1-17-10-12(11-19-2)14-4-3-13(9-15(14)17)18-7-5-16-6-8-18;1-8(2)14-9(6-7-18)13(17-19-14)12-10(15)4-3-5-11(12)16/h5-9,16-18H,10-15H2,1-4H3;3-4,9-10,16H,5-8,11H2,1-2H3;3-5,7-8H,6H2,1-2H3. The van der Waals surface area contributed by atoms with Crippen LogP contribution in [-0.2, 0) is 47.8 Å². The number of hydrogen-bond acceptors (Lipinski definition) is 12. The largest absolute Gasteiger partial charge is 0.465 e. The average Bonchev–Trinajstić information content (AvgIpc) is 4.20. The Morgan fingerprint density at radius 2 is 1.18 bits per heavy atom. The predicted molar refractivity (Wildman–Crippen MR) is 307 cm³/mol. The Balaban J connectivity index is 0.000000168. The lowest BCUT2D eigenvalue weighted by atomic mass is 9.98. The van der Waals surface area contributed by atoms with Crippen LogP contribution in [0.2, 0.25) is 20.1 Å². The molecule has 18 heteroatoms. The number of esters is 1. The number of carbonyl (C=O) groups excluding carboxylic acids is 2. The monoisotopic (exact) mass is 1110 g/mol. The number of nitrogens with one attached hydrogen (secondary N) is 1. The Bertz CT molecular complexity index is 3250. The number of carbonyl (C=O) groups is 2. The molecule has 2 saturated heterocycles. The van der Waals surface area contributed by atoms with Crippen molar-refractivity contribution < 1.29 is 28.1 Å². The topological polar surface area (TPSA) is 136 Å². The molecule has 0 bridgehead atoms. The summed E-state index contributed by atoms with van der Waals surface area (Å²) in [6.45, 7) is 17.8. The molecule has 0 unspecified atom stereocenters. The first-order valence-corrected chi connectivity index (χ1v) is 27.1. The zero-order chi connectivity index (χ0) is 54.2. The van der Waals surface area contributed by atoms with Gasteiger partial charge in [0.1, 0.15) is 29.2 Å². The molecule has 1 N–H and O–H groups in total. The highest BCUT2D eigenvalue weighted by molar-refractivity contribution is 6.39. The number of piperazine rings is 2. The predicted octanol–water partition coefficient (Wildman–Crippen LogP) is 12.7. The van der Waals surface area contributed by atoms with Crippen LogP contribution in [0.15, 0.2) is 94.2 Å². The number of halogens is 4. The number of aryl methyl sites for hydroxylation is 2. The minimum Gasteiger partial charge on any atom is -0.465 e. The first-order valence-electron chi connectivity index (χ1n) is 25.6. The van der Waals surface area contributed by atoms with Crippen molar-refractivity contribution in [2.24, 2.45) is 14.1 Å².